The van der Waals surface area contributed by atoms with Crippen LogP contribution in [0.1, 0.15) is 50.0 Å². The standard InChI is InChI=1S/C24H25F3N2O3/c1-13-4-5-17(23(31)29-6-8-32-9-7-29)15(3)21(13)22(30)20-12-18-14(2)10-16(24(25,26)27)11-19(18)28-20/h4-5,10-12,22,28,30H,6-9H2,1-3H3. The summed E-state index contributed by atoms with van der Waals surface area (Å²) in [4.78, 5) is 17.7. The van der Waals surface area contributed by atoms with Crippen LogP contribution in [0.25, 0.3) is 10.9 Å². The number of aryl methyl sites for hydroxylation is 2. The molecule has 8 heteroatoms. The number of aromatic nitrogens is 1. The van der Waals surface area contributed by atoms with Crippen LogP contribution >= 0.6 is 0 Å². The number of morpholine rings is 1. The second-order valence-electron chi connectivity index (χ2n) is 8.25. The van der Waals surface area contributed by atoms with E-state index in [0.717, 1.165) is 17.7 Å². The number of carbonyl (C=O) groups excluding carboxylic acids is 1. The van der Waals surface area contributed by atoms with Crippen molar-refractivity contribution in [1.29, 1.82) is 0 Å². The molecule has 3 aromatic rings. The average molecular weight is 446 g/mol. The predicted octanol–water partition coefficient (Wildman–Crippen LogP) is 4.67. The number of amides is 1. The highest BCUT2D eigenvalue weighted by Gasteiger charge is 2.32. The minimum Gasteiger partial charge on any atom is -0.382 e. The normalized spacial score (nSPS) is 15.9. The van der Waals surface area contributed by atoms with Crippen LogP contribution in [-0.2, 0) is 10.9 Å². The zero-order chi connectivity index (χ0) is 23.2. The number of aromatic amines is 1. The molecule has 1 unspecified atom stereocenters. The van der Waals surface area contributed by atoms with Crippen molar-refractivity contribution in [3.05, 3.63) is 69.4 Å². The maximum absolute atomic E-state index is 13.2. The van der Waals surface area contributed by atoms with Gasteiger partial charge in [0.05, 0.1) is 18.8 Å². The Kier molecular flexibility index (Phi) is 5.77. The number of aliphatic hydroxyl groups is 1. The van der Waals surface area contributed by atoms with Crippen LogP contribution in [0.3, 0.4) is 0 Å². The van der Waals surface area contributed by atoms with E-state index in [1.807, 2.05) is 6.92 Å². The lowest BCUT2D eigenvalue weighted by atomic mass is 9.91. The molecule has 0 aliphatic carbocycles. The molecule has 2 heterocycles. The number of benzene rings is 2. The number of halogens is 3. The Balaban J connectivity index is 1.74. The summed E-state index contributed by atoms with van der Waals surface area (Å²) in [6.07, 6.45) is -5.57. The molecule has 170 valence electrons. The molecular formula is C24H25F3N2O3. The highest BCUT2D eigenvalue weighted by molar-refractivity contribution is 5.96. The Morgan fingerprint density at radius 3 is 2.44 bits per heavy atom. The van der Waals surface area contributed by atoms with Crippen LogP contribution in [-0.4, -0.2) is 47.2 Å². The summed E-state index contributed by atoms with van der Waals surface area (Å²) < 4.78 is 44.9. The van der Waals surface area contributed by atoms with Gasteiger partial charge in [-0.05, 0) is 67.3 Å². The Labute approximate surface area is 183 Å². The van der Waals surface area contributed by atoms with Crippen molar-refractivity contribution in [2.45, 2.75) is 33.1 Å². The lowest BCUT2D eigenvalue weighted by Crippen LogP contribution is -2.41. The molecule has 4 rings (SSSR count). The van der Waals surface area contributed by atoms with Gasteiger partial charge in [-0.3, -0.25) is 4.79 Å². The molecule has 2 N–H and O–H groups in total. The van der Waals surface area contributed by atoms with Gasteiger partial charge in [-0.1, -0.05) is 6.07 Å². The molecule has 0 radical (unpaired) electrons. The molecule has 32 heavy (non-hydrogen) atoms. The van der Waals surface area contributed by atoms with E-state index in [0.29, 0.717) is 65.2 Å². The number of alkyl halides is 3. The summed E-state index contributed by atoms with van der Waals surface area (Å²) in [7, 11) is 0. The molecule has 1 aliphatic heterocycles. The van der Waals surface area contributed by atoms with Crippen LogP contribution in [0.4, 0.5) is 13.2 Å². The van der Waals surface area contributed by atoms with Gasteiger partial charge in [-0.25, -0.2) is 0 Å². The fraction of sp³-hybridized carbons (Fsp3) is 0.375. The fourth-order valence-corrected chi connectivity index (χ4v) is 4.36. The average Bonchev–Trinajstić information content (AvgIpc) is 3.18. The monoisotopic (exact) mass is 446 g/mol. The number of rotatable bonds is 3. The predicted molar refractivity (Wildman–Crippen MR) is 115 cm³/mol. The SMILES string of the molecule is Cc1ccc(C(=O)N2CCOCC2)c(C)c1C(O)c1cc2c(C)cc(C(F)(F)F)cc2[nH]1. The summed E-state index contributed by atoms with van der Waals surface area (Å²) in [6.45, 7) is 7.22. The van der Waals surface area contributed by atoms with Crippen molar-refractivity contribution in [2.24, 2.45) is 0 Å². The number of hydrogen-bond donors (Lipinski definition) is 2. The van der Waals surface area contributed by atoms with Crippen molar-refractivity contribution in [3.8, 4) is 0 Å². The van der Waals surface area contributed by atoms with E-state index in [2.05, 4.69) is 4.98 Å². The number of fused-ring (bicyclic) bond motifs is 1. The molecule has 2 aromatic carbocycles. The number of carbonyl (C=O) groups is 1. The first-order chi connectivity index (χ1) is 15.1. The summed E-state index contributed by atoms with van der Waals surface area (Å²) in [6, 6.07) is 7.37. The minimum absolute atomic E-state index is 0.124. The summed E-state index contributed by atoms with van der Waals surface area (Å²) in [5.41, 5.74) is 2.93. The van der Waals surface area contributed by atoms with Gasteiger partial charge in [0.25, 0.3) is 5.91 Å². The second kappa shape index (κ2) is 8.26. The third kappa shape index (κ3) is 4.00. The number of nitrogens with zero attached hydrogens (tertiary/aromatic N) is 1. The Morgan fingerprint density at radius 2 is 1.78 bits per heavy atom. The molecule has 5 nitrogen and oxygen atoms in total. The second-order valence-corrected chi connectivity index (χ2v) is 8.25. The molecule has 1 amide bonds. The van der Waals surface area contributed by atoms with Crippen molar-refractivity contribution >= 4 is 16.8 Å². The molecule has 1 saturated heterocycles. The van der Waals surface area contributed by atoms with E-state index in [-0.39, 0.29) is 5.91 Å². The van der Waals surface area contributed by atoms with Gasteiger partial charge in [-0.2, -0.15) is 13.2 Å². The van der Waals surface area contributed by atoms with Crippen LogP contribution in [0, 0.1) is 20.8 Å². The molecule has 0 spiro atoms. The van der Waals surface area contributed by atoms with Crippen LogP contribution < -0.4 is 0 Å². The van der Waals surface area contributed by atoms with E-state index in [1.165, 1.54) is 0 Å². The lowest BCUT2D eigenvalue weighted by molar-refractivity contribution is -0.137. The van der Waals surface area contributed by atoms with Gasteiger partial charge in [0, 0.05) is 35.2 Å². The molecule has 1 atom stereocenters. The quantitative estimate of drug-likeness (QED) is 0.615. The van der Waals surface area contributed by atoms with Gasteiger partial charge in [-0.15, -0.1) is 0 Å². The number of aliphatic hydroxyl groups excluding tert-OH is 1. The summed E-state index contributed by atoms with van der Waals surface area (Å²) in [5.74, 6) is -0.124. The minimum atomic E-state index is -4.45. The van der Waals surface area contributed by atoms with Crippen LogP contribution in [0.2, 0.25) is 0 Å². The Morgan fingerprint density at radius 1 is 1.09 bits per heavy atom. The van der Waals surface area contributed by atoms with E-state index in [1.54, 1.807) is 36.9 Å². The first kappa shape index (κ1) is 22.4. The van der Waals surface area contributed by atoms with Gasteiger partial charge >= 0.3 is 6.18 Å². The Bertz CT molecular complexity index is 1180. The van der Waals surface area contributed by atoms with Crippen molar-refractivity contribution in [2.75, 3.05) is 26.3 Å². The maximum atomic E-state index is 13.2. The third-order valence-electron chi connectivity index (χ3n) is 6.12. The van der Waals surface area contributed by atoms with Crippen molar-refractivity contribution in [1.82, 2.24) is 9.88 Å². The molecular weight excluding hydrogens is 421 g/mol. The molecule has 1 aliphatic rings. The third-order valence-corrected chi connectivity index (χ3v) is 6.12. The molecule has 0 saturated carbocycles. The van der Waals surface area contributed by atoms with E-state index >= 15 is 0 Å². The smallest absolute Gasteiger partial charge is 0.382 e. The Hall–Kier alpha value is -2.84. The van der Waals surface area contributed by atoms with Crippen LogP contribution in [0.5, 0.6) is 0 Å². The summed E-state index contributed by atoms with van der Waals surface area (Å²) >= 11 is 0. The number of ether oxygens (including phenoxy) is 1. The molecule has 1 fully saturated rings. The lowest BCUT2D eigenvalue weighted by Gasteiger charge is -2.28. The molecule has 0 bridgehead atoms. The first-order valence-corrected chi connectivity index (χ1v) is 10.4. The first-order valence-electron chi connectivity index (χ1n) is 10.4. The maximum Gasteiger partial charge on any atom is 0.416 e. The van der Waals surface area contributed by atoms with Gasteiger partial charge in [0.15, 0.2) is 0 Å². The zero-order valence-corrected chi connectivity index (χ0v) is 18.1. The summed E-state index contributed by atoms with van der Waals surface area (Å²) in [5, 5.41) is 11.8. The van der Waals surface area contributed by atoms with E-state index in [9.17, 15) is 23.1 Å². The van der Waals surface area contributed by atoms with E-state index < -0.39 is 17.8 Å². The van der Waals surface area contributed by atoms with Crippen LogP contribution in [0.15, 0.2) is 30.3 Å². The van der Waals surface area contributed by atoms with Gasteiger partial charge in [0.2, 0.25) is 0 Å². The topological polar surface area (TPSA) is 65.6 Å². The fourth-order valence-electron chi connectivity index (χ4n) is 4.36. The highest BCUT2D eigenvalue weighted by atomic mass is 19.4. The van der Waals surface area contributed by atoms with Gasteiger partial charge < -0.3 is 19.7 Å². The van der Waals surface area contributed by atoms with Crippen molar-refractivity contribution in [3.63, 3.8) is 0 Å². The largest absolute Gasteiger partial charge is 0.416 e. The van der Waals surface area contributed by atoms with Crippen molar-refractivity contribution < 1.29 is 27.8 Å². The number of hydrogen-bond acceptors (Lipinski definition) is 3. The number of H-pyrrole nitrogens is 1. The molecule has 1 aromatic heterocycles. The highest BCUT2D eigenvalue weighted by Crippen LogP contribution is 2.36. The zero-order valence-electron chi connectivity index (χ0n) is 18.1. The van der Waals surface area contributed by atoms with E-state index in [4.69, 9.17) is 4.74 Å². The number of nitrogens with one attached hydrogen (secondary N) is 1. The van der Waals surface area contributed by atoms with Gasteiger partial charge in [0.1, 0.15) is 6.10 Å².